The minimum Gasteiger partial charge on any atom is -0.496 e. The van der Waals surface area contributed by atoms with E-state index in [4.69, 9.17) is 38.4 Å². The van der Waals surface area contributed by atoms with E-state index in [1.54, 1.807) is 32.5 Å². The maximum atomic E-state index is 14.0. The van der Waals surface area contributed by atoms with Crippen LogP contribution in [0.25, 0.3) is 11.1 Å². The molecule has 33 heavy (non-hydrogen) atoms. The van der Waals surface area contributed by atoms with Crippen molar-refractivity contribution in [2.24, 2.45) is 0 Å². The van der Waals surface area contributed by atoms with Gasteiger partial charge in [-0.2, -0.15) is 0 Å². The number of anilines is 2. The molecule has 0 unspecified atom stereocenters. The molecule has 2 aromatic heterocycles. The fourth-order valence-corrected chi connectivity index (χ4v) is 4.42. The van der Waals surface area contributed by atoms with Crippen molar-refractivity contribution in [3.63, 3.8) is 0 Å². The summed E-state index contributed by atoms with van der Waals surface area (Å²) >= 11 is 12.4. The Labute approximate surface area is 201 Å². The van der Waals surface area contributed by atoms with Gasteiger partial charge in [0, 0.05) is 66.4 Å². The van der Waals surface area contributed by atoms with E-state index in [9.17, 15) is 4.39 Å². The number of pyridine rings is 2. The molecule has 0 radical (unpaired) electrons. The Morgan fingerprint density at radius 2 is 1.88 bits per heavy atom. The molecule has 0 saturated carbocycles. The van der Waals surface area contributed by atoms with Crippen LogP contribution in [0.5, 0.6) is 11.5 Å². The van der Waals surface area contributed by atoms with E-state index >= 15 is 0 Å². The van der Waals surface area contributed by atoms with Crippen LogP contribution in [-0.4, -0.2) is 43.3 Å². The summed E-state index contributed by atoms with van der Waals surface area (Å²) in [6.07, 6.45) is 2.70. The number of nitrogens with two attached hydrogens (primary N) is 1. The summed E-state index contributed by atoms with van der Waals surface area (Å²) in [4.78, 5) is 11.1. The topological polar surface area (TPSA) is 85.5 Å². The van der Waals surface area contributed by atoms with Crippen molar-refractivity contribution in [3.05, 3.63) is 58.1 Å². The Balaban J connectivity index is 1.64. The quantitative estimate of drug-likeness (QED) is 0.482. The Kier molecular flexibility index (Phi) is 7.07. The summed E-state index contributed by atoms with van der Waals surface area (Å²) in [6, 6.07) is 6.30. The van der Waals surface area contributed by atoms with Crippen LogP contribution in [0.2, 0.25) is 10.0 Å². The molecule has 3 heterocycles. The van der Waals surface area contributed by atoms with E-state index in [-0.39, 0.29) is 10.8 Å². The molecule has 3 aromatic rings. The van der Waals surface area contributed by atoms with Crippen LogP contribution in [0.1, 0.15) is 18.6 Å². The number of hydrogen-bond donors (Lipinski definition) is 2. The van der Waals surface area contributed by atoms with E-state index in [1.165, 1.54) is 12.1 Å². The van der Waals surface area contributed by atoms with E-state index in [0.717, 1.165) is 37.6 Å². The molecule has 1 aromatic carbocycles. The van der Waals surface area contributed by atoms with Crippen molar-refractivity contribution >= 4 is 34.8 Å². The lowest BCUT2D eigenvalue weighted by molar-refractivity contribution is 0.227. The zero-order valence-electron chi connectivity index (χ0n) is 18.2. The second-order valence-corrected chi connectivity index (χ2v) is 8.39. The van der Waals surface area contributed by atoms with Gasteiger partial charge in [-0.25, -0.2) is 14.4 Å². The highest BCUT2D eigenvalue weighted by Gasteiger charge is 2.21. The van der Waals surface area contributed by atoms with Crippen LogP contribution in [-0.2, 0) is 0 Å². The largest absolute Gasteiger partial charge is 0.496 e. The van der Waals surface area contributed by atoms with Gasteiger partial charge in [-0.1, -0.05) is 23.2 Å². The zero-order chi connectivity index (χ0) is 23.5. The number of piperazine rings is 1. The first kappa shape index (κ1) is 23.4. The van der Waals surface area contributed by atoms with Gasteiger partial charge in [-0.3, -0.25) is 0 Å². The summed E-state index contributed by atoms with van der Waals surface area (Å²) in [5.74, 6) is 1.41. The molecule has 7 nitrogen and oxygen atoms in total. The molecular formula is C23H24Cl2FN5O2. The average Bonchev–Trinajstić information content (AvgIpc) is 2.83. The lowest BCUT2D eigenvalue weighted by atomic mass is 10.1. The lowest BCUT2D eigenvalue weighted by Crippen LogP contribution is -2.43. The third-order valence-electron chi connectivity index (χ3n) is 5.49. The van der Waals surface area contributed by atoms with Crippen molar-refractivity contribution in [1.82, 2.24) is 15.3 Å². The number of ether oxygens (including phenoxy) is 2. The monoisotopic (exact) mass is 491 g/mol. The van der Waals surface area contributed by atoms with E-state index in [2.05, 4.69) is 20.2 Å². The van der Waals surface area contributed by atoms with E-state index in [0.29, 0.717) is 27.6 Å². The van der Waals surface area contributed by atoms with Crippen molar-refractivity contribution < 1.29 is 13.9 Å². The standard InChI is InChI=1S/C23H24Cl2FN5O2/c1-13(21-16(24)3-4-17(26)22(21)25)33-19-9-14(11-30-23(19)27)15-12-29-20(10-18(15)32-2)31-7-5-28-6-8-31/h3-4,9-13,28H,5-8H2,1-2H3,(H2,27,30)/t13-/m1/s1. The molecule has 1 saturated heterocycles. The highest BCUT2D eigenvalue weighted by molar-refractivity contribution is 6.36. The number of nitrogens with one attached hydrogen (secondary N) is 1. The molecule has 0 aliphatic carbocycles. The Morgan fingerprint density at radius 1 is 1.12 bits per heavy atom. The van der Waals surface area contributed by atoms with E-state index in [1.807, 2.05) is 6.07 Å². The van der Waals surface area contributed by atoms with Crippen molar-refractivity contribution in [3.8, 4) is 22.6 Å². The molecule has 0 amide bonds. The number of rotatable bonds is 6. The summed E-state index contributed by atoms with van der Waals surface area (Å²) < 4.78 is 25.6. The third kappa shape index (κ3) is 4.93. The van der Waals surface area contributed by atoms with Crippen molar-refractivity contribution in [1.29, 1.82) is 0 Å². The molecule has 3 N–H and O–H groups in total. The summed E-state index contributed by atoms with van der Waals surface area (Å²) in [5.41, 5.74) is 7.84. The molecule has 1 aliphatic heterocycles. The van der Waals surface area contributed by atoms with Gasteiger partial charge < -0.3 is 25.4 Å². The highest BCUT2D eigenvalue weighted by atomic mass is 35.5. The van der Waals surface area contributed by atoms with E-state index < -0.39 is 11.9 Å². The molecule has 1 fully saturated rings. The van der Waals surface area contributed by atoms with Gasteiger partial charge in [-0.15, -0.1) is 0 Å². The van der Waals surface area contributed by atoms with Crippen LogP contribution >= 0.6 is 23.2 Å². The molecule has 10 heteroatoms. The Hall–Kier alpha value is -2.81. The van der Waals surface area contributed by atoms with Gasteiger partial charge >= 0.3 is 0 Å². The van der Waals surface area contributed by atoms with Gasteiger partial charge in [0.05, 0.1) is 12.1 Å². The van der Waals surface area contributed by atoms with Crippen LogP contribution in [0.4, 0.5) is 16.0 Å². The first-order chi connectivity index (χ1) is 15.9. The van der Waals surface area contributed by atoms with Crippen molar-refractivity contribution in [2.45, 2.75) is 13.0 Å². The predicted octanol–water partition coefficient (Wildman–Crippen LogP) is 4.73. The Morgan fingerprint density at radius 3 is 2.61 bits per heavy atom. The number of halogens is 3. The highest BCUT2D eigenvalue weighted by Crippen LogP contribution is 2.38. The first-order valence-corrected chi connectivity index (χ1v) is 11.2. The SMILES string of the molecule is COc1cc(N2CCNCC2)ncc1-c1cnc(N)c(O[C@H](C)c2c(Cl)ccc(F)c2Cl)c1. The number of benzene rings is 1. The van der Waals surface area contributed by atoms with Gasteiger partial charge in [0.1, 0.15) is 23.5 Å². The fraction of sp³-hybridized carbons (Fsp3) is 0.304. The minimum atomic E-state index is -0.671. The van der Waals surface area contributed by atoms with Gasteiger partial charge in [0.15, 0.2) is 11.6 Å². The maximum Gasteiger partial charge on any atom is 0.166 e. The number of nitrogen functional groups attached to an aromatic ring is 1. The van der Waals surface area contributed by atoms with Crippen LogP contribution in [0.3, 0.4) is 0 Å². The summed E-state index contributed by atoms with van der Waals surface area (Å²) in [6.45, 7) is 5.28. The number of hydrogen-bond acceptors (Lipinski definition) is 7. The number of aromatic nitrogens is 2. The molecule has 0 spiro atoms. The average molecular weight is 492 g/mol. The van der Waals surface area contributed by atoms with Crippen LogP contribution < -0.4 is 25.4 Å². The van der Waals surface area contributed by atoms with Crippen LogP contribution in [0.15, 0.2) is 36.7 Å². The smallest absolute Gasteiger partial charge is 0.166 e. The van der Waals surface area contributed by atoms with Gasteiger partial charge in [0.2, 0.25) is 0 Å². The third-order valence-corrected chi connectivity index (χ3v) is 6.21. The second-order valence-electron chi connectivity index (χ2n) is 7.60. The molecule has 0 bridgehead atoms. The normalized spacial score (nSPS) is 14.8. The first-order valence-electron chi connectivity index (χ1n) is 10.4. The van der Waals surface area contributed by atoms with Crippen LogP contribution in [0, 0.1) is 5.82 Å². The van der Waals surface area contributed by atoms with Gasteiger partial charge in [0.25, 0.3) is 0 Å². The minimum absolute atomic E-state index is 0.0907. The second kappa shape index (κ2) is 9.99. The molecule has 4 rings (SSSR count). The Bertz CT molecular complexity index is 1160. The lowest BCUT2D eigenvalue weighted by Gasteiger charge is -2.28. The summed E-state index contributed by atoms with van der Waals surface area (Å²) in [7, 11) is 1.61. The molecule has 1 aliphatic rings. The van der Waals surface area contributed by atoms with Gasteiger partial charge in [-0.05, 0) is 25.1 Å². The number of methoxy groups -OCH3 is 1. The molecule has 174 valence electrons. The fourth-order valence-electron chi connectivity index (χ4n) is 3.74. The molecular weight excluding hydrogens is 468 g/mol. The maximum absolute atomic E-state index is 14.0. The molecule has 1 atom stereocenters. The number of nitrogens with zero attached hydrogens (tertiary/aromatic N) is 3. The van der Waals surface area contributed by atoms with Crippen molar-refractivity contribution in [2.75, 3.05) is 43.9 Å². The predicted molar refractivity (Wildman–Crippen MR) is 129 cm³/mol. The summed E-state index contributed by atoms with van der Waals surface area (Å²) in [5, 5.41) is 3.53. The zero-order valence-corrected chi connectivity index (χ0v) is 19.8.